The number of nitrogens with zero attached hydrogens (tertiary/aromatic N) is 2. The zero-order valence-electron chi connectivity index (χ0n) is 17.7. The smallest absolute Gasteiger partial charge is 0.240 e. The fourth-order valence-corrected chi connectivity index (χ4v) is 4.98. The summed E-state index contributed by atoms with van der Waals surface area (Å²) in [6.07, 6.45) is 3.94. The molecular formula is C23H29N3O3S2. The van der Waals surface area contributed by atoms with Crippen molar-refractivity contribution in [1.29, 1.82) is 0 Å². The van der Waals surface area contributed by atoms with E-state index in [1.54, 1.807) is 16.7 Å². The van der Waals surface area contributed by atoms with Gasteiger partial charge < -0.3 is 9.80 Å². The lowest BCUT2D eigenvalue weighted by atomic mass is 10.2. The predicted molar refractivity (Wildman–Crippen MR) is 130 cm³/mol. The van der Waals surface area contributed by atoms with E-state index in [1.807, 2.05) is 54.8 Å². The molecule has 6 nitrogen and oxygen atoms in total. The fraction of sp³-hybridized carbons (Fsp3) is 0.348. The number of piperazine rings is 1. The third-order valence-corrected chi connectivity index (χ3v) is 6.92. The van der Waals surface area contributed by atoms with E-state index in [-0.39, 0.29) is 5.91 Å². The van der Waals surface area contributed by atoms with Gasteiger partial charge in [0.15, 0.2) is 0 Å². The van der Waals surface area contributed by atoms with Crippen LogP contribution in [0.5, 0.6) is 0 Å². The van der Waals surface area contributed by atoms with E-state index >= 15 is 0 Å². The van der Waals surface area contributed by atoms with Gasteiger partial charge in [0.2, 0.25) is 15.9 Å². The highest BCUT2D eigenvalue weighted by Gasteiger charge is 2.29. The maximum atomic E-state index is 13.1. The van der Waals surface area contributed by atoms with Crippen LogP contribution in [0.4, 0.5) is 5.69 Å². The predicted octanol–water partition coefficient (Wildman–Crippen LogP) is 3.05. The van der Waals surface area contributed by atoms with Gasteiger partial charge in [-0.25, -0.2) is 8.42 Å². The number of nitrogens with one attached hydrogen (secondary N) is 1. The van der Waals surface area contributed by atoms with Crippen LogP contribution in [-0.2, 0) is 14.8 Å². The van der Waals surface area contributed by atoms with Crippen molar-refractivity contribution in [2.45, 2.75) is 12.5 Å². The van der Waals surface area contributed by atoms with Crippen LogP contribution in [0.15, 0.2) is 66.1 Å². The number of para-hydroxylation sites is 1. The molecule has 1 fully saturated rings. The zero-order valence-corrected chi connectivity index (χ0v) is 19.3. The lowest BCUT2D eigenvalue weighted by Crippen LogP contribution is -2.55. The molecular weight excluding hydrogens is 430 g/mol. The fourth-order valence-electron chi connectivity index (χ4n) is 3.48. The van der Waals surface area contributed by atoms with Crippen molar-refractivity contribution in [3.8, 4) is 0 Å². The third kappa shape index (κ3) is 7.12. The summed E-state index contributed by atoms with van der Waals surface area (Å²) >= 11 is 1.60. The molecule has 1 atom stereocenters. The van der Waals surface area contributed by atoms with E-state index in [0.29, 0.717) is 25.3 Å². The Morgan fingerprint density at radius 2 is 1.65 bits per heavy atom. The molecule has 1 aliphatic heterocycles. The number of anilines is 1. The van der Waals surface area contributed by atoms with E-state index < -0.39 is 16.1 Å². The minimum Gasteiger partial charge on any atom is -0.368 e. The Hall–Kier alpha value is -2.29. The maximum Gasteiger partial charge on any atom is 0.240 e. The highest BCUT2D eigenvalue weighted by atomic mass is 32.2. The van der Waals surface area contributed by atoms with Crippen molar-refractivity contribution < 1.29 is 13.2 Å². The first kappa shape index (κ1) is 23.4. The van der Waals surface area contributed by atoms with Gasteiger partial charge in [-0.15, -0.1) is 0 Å². The second-order valence-electron chi connectivity index (χ2n) is 7.36. The van der Waals surface area contributed by atoms with Gasteiger partial charge in [-0.3, -0.25) is 4.79 Å². The first-order valence-corrected chi connectivity index (χ1v) is 13.3. The van der Waals surface area contributed by atoms with Gasteiger partial charge in [0.05, 0.1) is 0 Å². The van der Waals surface area contributed by atoms with Crippen LogP contribution in [0.3, 0.4) is 0 Å². The van der Waals surface area contributed by atoms with Crippen molar-refractivity contribution in [2.24, 2.45) is 0 Å². The van der Waals surface area contributed by atoms with Crippen LogP contribution in [0.1, 0.15) is 12.0 Å². The van der Waals surface area contributed by atoms with E-state index in [9.17, 15) is 13.2 Å². The average Bonchev–Trinajstić information content (AvgIpc) is 2.81. The third-order valence-electron chi connectivity index (χ3n) is 5.17. The van der Waals surface area contributed by atoms with E-state index in [1.165, 1.54) is 6.08 Å². The molecule has 166 valence electrons. The van der Waals surface area contributed by atoms with Crippen LogP contribution >= 0.6 is 11.8 Å². The SMILES string of the molecule is CSCCC(NS(=O)(=O)C=Cc1ccccc1)C(=O)N1CCN(c2ccccc2)CC1. The van der Waals surface area contributed by atoms with Crippen LogP contribution in [0, 0.1) is 0 Å². The molecule has 0 aliphatic carbocycles. The molecule has 8 heteroatoms. The lowest BCUT2D eigenvalue weighted by molar-refractivity contribution is -0.133. The van der Waals surface area contributed by atoms with Crippen molar-refractivity contribution in [3.63, 3.8) is 0 Å². The summed E-state index contributed by atoms with van der Waals surface area (Å²) in [5.41, 5.74) is 1.93. The maximum absolute atomic E-state index is 13.1. The molecule has 0 saturated carbocycles. The summed E-state index contributed by atoms with van der Waals surface area (Å²) < 4.78 is 27.8. The van der Waals surface area contributed by atoms with Crippen LogP contribution in [-0.4, -0.2) is 63.5 Å². The Balaban J connectivity index is 1.63. The molecule has 2 aromatic rings. The van der Waals surface area contributed by atoms with Gasteiger partial charge in [0.1, 0.15) is 6.04 Å². The second kappa shape index (κ2) is 11.4. The molecule has 0 radical (unpaired) electrons. The Bertz CT molecular complexity index is 958. The Morgan fingerprint density at radius 3 is 2.26 bits per heavy atom. The van der Waals surface area contributed by atoms with Crippen molar-refractivity contribution >= 4 is 39.5 Å². The largest absolute Gasteiger partial charge is 0.368 e. The monoisotopic (exact) mass is 459 g/mol. The standard InChI is InChI=1S/C23H29N3O3S2/c1-30-18-12-22(24-31(28,29)19-13-20-8-4-2-5-9-20)23(27)26-16-14-25(15-17-26)21-10-6-3-7-11-21/h2-11,13,19,22,24H,12,14-18H2,1H3. The molecule has 1 aliphatic rings. The highest BCUT2D eigenvalue weighted by molar-refractivity contribution is 7.98. The molecule has 0 spiro atoms. The number of hydrogen-bond donors (Lipinski definition) is 1. The molecule has 1 heterocycles. The number of benzene rings is 2. The number of rotatable bonds is 9. The van der Waals surface area contributed by atoms with E-state index in [2.05, 4.69) is 21.8 Å². The summed E-state index contributed by atoms with van der Waals surface area (Å²) in [5, 5.41) is 1.13. The number of amides is 1. The summed E-state index contributed by atoms with van der Waals surface area (Å²) in [4.78, 5) is 17.2. The first-order valence-electron chi connectivity index (χ1n) is 10.3. The molecule has 2 aromatic carbocycles. The molecule has 0 aromatic heterocycles. The molecule has 1 saturated heterocycles. The van der Waals surface area contributed by atoms with Crippen molar-refractivity contribution in [2.75, 3.05) is 43.1 Å². The summed E-state index contributed by atoms with van der Waals surface area (Å²) in [6.45, 7) is 2.60. The molecule has 1 N–H and O–H groups in total. The number of carbonyl (C=O) groups excluding carboxylic acids is 1. The van der Waals surface area contributed by atoms with Crippen LogP contribution in [0.25, 0.3) is 6.08 Å². The number of carbonyl (C=O) groups is 1. The summed E-state index contributed by atoms with van der Waals surface area (Å²) in [5.74, 6) is 0.545. The summed E-state index contributed by atoms with van der Waals surface area (Å²) in [7, 11) is -3.74. The second-order valence-corrected chi connectivity index (χ2v) is 9.94. The van der Waals surface area contributed by atoms with Gasteiger partial charge in [0.25, 0.3) is 0 Å². The number of sulfonamides is 1. The lowest BCUT2D eigenvalue weighted by Gasteiger charge is -2.37. The molecule has 3 rings (SSSR count). The average molecular weight is 460 g/mol. The number of thioether (sulfide) groups is 1. The van der Waals surface area contributed by atoms with Crippen LogP contribution in [0.2, 0.25) is 0 Å². The molecule has 0 bridgehead atoms. The van der Waals surface area contributed by atoms with Gasteiger partial charge >= 0.3 is 0 Å². The molecule has 31 heavy (non-hydrogen) atoms. The van der Waals surface area contributed by atoms with E-state index in [4.69, 9.17) is 0 Å². The minimum absolute atomic E-state index is 0.154. The van der Waals surface area contributed by atoms with Crippen molar-refractivity contribution in [3.05, 3.63) is 71.6 Å². The van der Waals surface area contributed by atoms with Gasteiger partial charge in [-0.2, -0.15) is 16.5 Å². The van der Waals surface area contributed by atoms with Crippen LogP contribution < -0.4 is 9.62 Å². The number of hydrogen-bond acceptors (Lipinski definition) is 5. The first-order chi connectivity index (χ1) is 15.0. The van der Waals surface area contributed by atoms with Gasteiger partial charge in [-0.05, 0) is 42.2 Å². The zero-order chi connectivity index (χ0) is 22.1. The normalized spacial score (nSPS) is 15.9. The summed E-state index contributed by atoms with van der Waals surface area (Å²) in [6, 6.07) is 18.6. The highest BCUT2D eigenvalue weighted by Crippen LogP contribution is 2.17. The quantitative estimate of drug-likeness (QED) is 0.624. The van der Waals surface area contributed by atoms with Gasteiger partial charge in [0, 0.05) is 37.3 Å². The topological polar surface area (TPSA) is 69.7 Å². The molecule has 1 unspecified atom stereocenters. The molecule has 1 amide bonds. The van der Waals surface area contributed by atoms with Crippen molar-refractivity contribution in [1.82, 2.24) is 9.62 Å². The Kier molecular flexibility index (Phi) is 8.57. The van der Waals surface area contributed by atoms with E-state index in [0.717, 1.165) is 29.7 Å². The minimum atomic E-state index is -3.74. The Labute approximate surface area is 189 Å². The Morgan fingerprint density at radius 1 is 1.03 bits per heavy atom. The van der Waals surface area contributed by atoms with Gasteiger partial charge in [-0.1, -0.05) is 48.5 Å².